The first-order valence-corrected chi connectivity index (χ1v) is 7.58. The molecule has 2 aromatic rings. The van der Waals surface area contributed by atoms with Crippen LogP contribution in [0.25, 0.3) is 0 Å². The van der Waals surface area contributed by atoms with E-state index in [-0.39, 0.29) is 12.5 Å². The van der Waals surface area contributed by atoms with Crippen LogP contribution in [0.15, 0.2) is 59.6 Å². The molecule has 1 aliphatic heterocycles. The standard InChI is InChI=1S/C18H17N3O3/c1-12(17(22)20-24)21-11-16(13-7-3-2-4-8-13)19-15-10-6-5-9-14(15)18(21)23/h2-10,12,24H,11H2,1H3,(H,20,22). The molecule has 1 aliphatic rings. The van der Waals surface area contributed by atoms with E-state index in [0.29, 0.717) is 17.0 Å². The average molecular weight is 323 g/mol. The molecule has 2 amide bonds. The van der Waals surface area contributed by atoms with Crippen LogP contribution in [0.2, 0.25) is 0 Å². The second kappa shape index (κ2) is 6.64. The lowest BCUT2D eigenvalue weighted by Crippen LogP contribution is -2.48. The van der Waals surface area contributed by atoms with Crippen LogP contribution < -0.4 is 5.48 Å². The molecule has 3 rings (SSSR count). The van der Waals surface area contributed by atoms with Crippen LogP contribution in [0.1, 0.15) is 22.8 Å². The molecule has 2 N–H and O–H groups in total. The number of nitrogens with one attached hydrogen (secondary N) is 1. The number of para-hydroxylation sites is 1. The van der Waals surface area contributed by atoms with Crippen LogP contribution in [0, 0.1) is 0 Å². The van der Waals surface area contributed by atoms with E-state index in [9.17, 15) is 9.59 Å². The van der Waals surface area contributed by atoms with Crippen molar-refractivity contribution in [1.29, 1.82) is 0 Å². The van der Waals surface area contributed by atoms with E-state index < -0.39 is 11.9 Å². The normalized spacial score (nSPS) is 15.2. The first-order chi connectivity index (χ1) is 11.6. The third-order valence-electron chi connectivity index (χ3n) is 4.04. The van der Waals surface area contributed by atoms with Crippen molar-refractivity contribution in [1.82, 2.24) is 10.4 Å². The molecule has 2 aromatic carbocycles. The fourth-order valence-corrected chi connectivity index (χ4v) is 2.65. The fourth-order valence-electron chi connectivity index (χ4n) is 2.65. The molecular weight excluding hydrogens is 306 g/mol. The summed E-state index contributed by atoms with van der Waals surface area (Å²) in [5, 5.41) is 8.90. The van der Waals surface area contributed by atoms with E-state index in [0.717, 1.165) is 5.56 Å². The molecule has 1 heterocycles. The molecule has 0 fully saturated rings. The molecule has 1 atom stereocenters. The Morgan fingerprint density at radius 3 is 2.54 bits per heavy atom. The van der Waals surface area contributed by atoms with Crippen LogP contribution in [0.5, 0.6) is 0 Å². The summed E-state index contributed by atoms with van der Waals surface area (Å²) in [5.74, 6) is -0.938. The molecule has 6 nitrogen and oxygen atoms in total. The zero-order chi connectivity index (χ0) is 17.1. The van der Waals surface area contributed by atoms with Crippen LogP contribution in [-0.2, 0) is 4.79 Å². The Labute approximate surface area is 139 Å². The Morgan fingerprint density at radius 1 is 1.17 bits per heavy atom. The highest BCUT2D eigenvalue weighted by atomic mass is 16.5. The molecule has 122 valence electrons. The molecule has 0 aliphatic carbocycles. The largest absolute Gasteiger partial charge is 0.321 e. The van der Waals surface area contributed by atoms with Gasteiger partial charge >= 0.3 is 0 Å². The number of carbonyl (C=O) groups excluding carboxylic acids is 2. The number of fused-ring (bicyclic) bond motifs is 1. The summed E-state index contributed by atoms with van der Waals surface area (Å²) < 4.78 is 0. The first kappa shape index (κ1) is 15.9. The van der Waals surface area contributed by atoms with Gasteiger partial charge in [0, 0.05) is 0 Å². The van der Waals surface area contributed by atoms with Gasteiger partial charge in [0.25, 0.3) is 11.8 Å². The maximum Gasteiger partial charge on any atom is 0.265 e. The van der Waals surface area contributed by atoms with Crippen molar-refractivity contribution in [2.45, 2.75) is 13.0 Å². The highest BCUT2D eigenvalue weighted by Crippen LogP contribution is 2.26. The van der Waals surface area contributed by atoms with Crippen LogP contribution >= 0.6 is 0 Å². The summed E-state index contributed by atoms with van der Waals surface area (Å²) >= 11 is 0. The van der Waals surface area contributed by atoms with E-state index >= 15 is 0 Å². The highest BCUT2D eigenvalue weighted by molar-refractivity contribution is 6.11. The fraction of sp³-hybridized carbons (Fsp3) is 0.167. The molecule has 24 heavy (non-hydrogen) atoms. The van der Waals surface area contributed by atoms with Gasteiger partial charge in [-0.05, 0) is 24.6 Å². The summed E-state index contributed by atoms with van der Waals surface area (Å²) in [6, 6.07) is 15.7. The first-order valence-electron chi connectivity index (χ1n) is 7.58. The summed E-state index contributed by atoms with van der Waals surface area (Å²) in [6.45, 7) is 1.74. The number of aliphatic imine (C=N–C) groups is 1. The summed E-state index contributed by atoms with van der Waals surface area (Å²) in [6.07, 6.45) is 0. The Bertz CT molecular complexity index is 802. The van der Waals surface area contributed by atoms with E-state index in [4.69, 9.17) is 5.21 Å². The van der Waals surface area contributed by atoms with Gasteiger partial charge in [0.15, 0.2) is 0 Å². The Balaban J connectivity index is 2.10. The van der Waals surface area contributed by atoms with Crippen molar-refractivity contribution in [3.05, 3.63) is 65.7 Å². The SMILES string of the molecule is CC(C(=O)NO)N1CC(c2ccccc2)=Nc2ccccc2C1=O. The molecule has 1 unspecified atom stereocenters. The van der Waals surface area contributed by atoms with Gasteiger partial charge in [-0.15, -0.1) is 0 Å². The van der Waals surface area contributed by atoms with Gasteiger partial charge in [-0.2, -0.15) is 0 Å². The zero-order valence-electron chi connectivity index (χ0n) is 13.1. The third kappa shape index (κ3) is 2.91. The lowest BCUT2D eigenvalue weighted by molar-refractivity contribution is -0.133. The average Bonchev–Trinajstić information content (AvgIpc) is 2.78. The van der Waals surface area contributed by atoms with E-state index in [2.05, 4.69) is 4.99 Å². The van der Waals surface area contributed by atoms with Gasteiger partial charge in [-0.3, -0.25) is 19.8 Å². The molecule has 0 radical (unpaired) electrons. The molecule has 0 aromatic heterocycles. The minimum Gasteiger partial charge on any atom is -0.321 e. The molecular formula is C18H17N3O3. The Morgan fingerprint density at radius 2 is 1.83 bits per heavy atom. The van der Waals surface area contributed by atoms with Crippen molar-refractivity contribution >= 4 is 23.2 Å². The number of nitrogens with zero attached hydrogens (tertiary/aromatic N) is 2. The van der Waals surface area contributed by atoms with Gasteiger partial charge in [-0.1, -0.05) is 42.5 Å². The maximum atomic E-state index is 12.9. The van der Waals surface area contributed by atoms with E-state index in [1.165, 1.54) is 4.90 Å². The van der Waals surface area contributed by atoms with Gasteiger partial charge < -0.3 is 4.90 Å². The number of carbonyl (C=O) groups is 2. The minimum absolute atomic E-state index is 0.173. The quantitative estimate of drug-likeness (QED) is 0.671. The Hall–Kier alpha value is -2.99. The predicted molar refractivity (Wildman–Crippen MR) is 89.5 cm³/mol. The molecule has 6 heteroatoms. The monoisotopic (exact) mass is 323 g/mol. The smallest absolute Gasteiger partial charge is 0.265 e. The summed E-state index contributed by atoms with van der Waals surface area (Å²) in [7, 11) is 0. The molecule has 0 bridgehead atoms. The predicted octanol–water partition coefficient (Wildman–Crippen LogP) is 2.16. The van der Waals surface area contributed by atoms with Gasteiger partial charge in [0.2, 0.25) is 0 Å². The van der Waals surface area contributed by atoms with Crippen LogP contribution in [-0.4, -0.2) is 40.2 Å². The van der Waals surface area contributed by atoms with Crippen LogP contribution in [0.4, 0.5) is 5.69 Å². The number of hydrogen-bond donors (Lipinski definition) is 2. The molecule has 0 saturated carbocycles. The van der Waals surface area contributed by atoms with Gasteiger partial charge in [0.05, 0.1) is 23.5 Å². The van der Waals surface area contributed by atoms with Gasteiger partial charge in [0.1, 0.15) is 6.04 Å². The summed E-state index contributed by atoms with van der Waals surface area (Å²) in [5.41, 5.74) is 4.18. The van der Waals surface area contributed by atoms with Crippen LogP contribution in [0.3, 0.4) is 0 Å². The second-order valence-electron chi connectivity index (χ2n) is 5.53. The number of hydrogen-bond acceptors (Lipinski definition) is 4. The summed E-state index contributed by atoms with van der Waals surface area (Å²) in [4.78, 5) is 30.7. The van der Waals surface area contributed by atoms with Gasteiger partial charge in [-0.25, -0.2) is 5.48 Å². The maximum absolute atomic E-state index is 12.9. The van der Waals surface area contributed by atoms with E-state index in [1.807, 2.05) is 36.4 Å². The Kier molecular flexibility index (Phi) is 4.39. The minimum atomic E-state index is -0.831. The lowest BCUT2D eigenvalue weighted by Gasteiger charge is -2.27. The number of benzene rings is 2. The lowest BCUT2D eigenvalue weighted by atomic mass is 10.1. The van der Waals surface area contributed by atoms with Crippen molar-refractivity contribution in [3.8, 4) is 0 Å². The molecule has 0 spiro atoms. The second-order valence-corrected chi connectivity index (χ2v) is 5.53. The van der Waals surface area contributed by atoms with Crippen molar-refractivity contribution in [3.63, 3.8) is 0 Å². The van der Waals surface area contributed by atoms with E-state index in [1.54, 1.807) is 30.6 Å². The van der Waals surface area contributed by atoms with Crippen molar-refractivity contribution in [2.24, 2.45) is 4.99 Å². The van der Waals surface area contributed by atoms with Crippen molar-refractivity contribution < 1.29 is 14.8 Å². The number of amides is 2. The molecule has 0 saturated heterocycles. The zero-order valence-corrected chi connectivity index (χ0v) is 13.1. The number of rotatable bonds is 3. The third-order valence-corrected chi connectivity index (χ3v) is 4.04. The number of hydroxylamine groups is 1. The topological polar surface area (TPSA) is 82.0 Å². The highest BCUT2D eigenvalue weighted by Gasteiger charge is 2.31. The van der Waals surface area contributed by atoms with Crippen molar-refractivity contribution in [2.75, 3.05) is 6.54 Å².